The molecule has 0 unspecified atom stereocenters. The Morgan fingerprint density at radius 1 is 1.43 bits per heavy atom. The van der Waals surface area contributed by atoms with Crippen LogP contribution in [0.25, 0.3) is 10.9 Å². The van der Waals surface area contributed by atoms with Gasteiger partial charge in [-0.3, -0.25) is 14.2 Å². The van der Waals surface area contributed by atoms with Gasteiger partial charge in [-0.25, -0.2) is 4.98 Å². The second-order valence-corrected chi connectivity index (χ2v) is 5.33. The van der Waals surface area contributed by atoms with Crippen LogP contribution in [0.5, 0.6) is 0 Å². The number of aliphatic hydroxyl groups excluding tert-OH is 1. The fourth-order valence-corrected chi connectivity index (χ4v) is 2.66. The molecule has 0 saturated heterocycles. The Bertz CT molecular complexity index is 699. The molecule has 112 valence electrons. The summed E-state index contributed by atoms with van der Waals surface area (Å²) in [6, 6.07) is 7.06. The summed E-state index contributed by atoms with van der Waals surface area (Å²) in [5.74, 6) is 0.0522. The number of aliphatic hydroxyl groups is 1. The highest BCUT2D eigenvalue weighted by molar-refractivity contribution is 7.99. The van der Waals surface area contributed by atoms with Crippen molar-refractivity contribution in [1.82, 2.24) is 9.55 Å². The number of ether oxygens (including phenoxy) is 1. The van der Waals surface area contributed by atoms with Crippen LogP contribution in [0, 0.1) is 0 Å². The van der Waals surface area contributed by atoms with E-state index in [0.29, 0.717) is 21.8 Å². The zero-order valence-electron chi connectivity index (χ0n) is 11.6. The molecule has 6 nitrogen and oxygen atoms in total. The molecule has 0 aliphatic rings. The molecule has 7 heteroatoms. The zero-order valence-corrected chi connectivity index (χ0v) is 12.4. The summed E-state index contributed by atoms with van der Waals surface area (Å²) in [4.78, 5) is 28.2. The maximum absolute atomic E-state index is 12.5. The average Bonchev–Trinajstić information content (AvgIpc) is 2.51. The summed E-state index contributed by atoms with van der Waals surface area (Å²) in [5.41, 5.74) is 0.419. The second-order valence-electron chi connectivity index (χ2n) is 4.27. The highest BCUT2D eigenvalue weighted by atomic mass is 32.2. The van der Waals surface area contributed by atoms with Gasteiger partial charge in [-0.05, 0) is 12.1 Å². The van der Waals surface area contributed by atoms with Crippen LogP contribution in [-0.2, 0) is 16.1 Å². The third-order valence-electron chi connectivity index (χ3n) is 2.92. The lowest BCUT2D eigenvalue weighted by Crippen LogP contribution is -2.25. The molecule has 0 saturated carbocycles. The summed E-state index contributed by atoms with van der Waals surface area (Å²) < 4.78 is 6.06. The first-order valence-electron chi connectivity index (χ1n) is 6.47. The first-order valence-corrected chi connectivity index (χ1v) is 7.46. The third-order valence-corrected chi connectivity index (χ3v) is 3.87. The van der Waals surface area contributed by atoms with E-state index in [9.17, 15) is 9.59 Å². The lowest BCUT2D eigenvalue weighted by atomic mass is 10.2. The van der Waals surface area contributed by atoms with Crippen LogP contribution >= 0.6 is 11.8 Å². The number of fused-ring (bicyclic) bond motifs is 1. The summed E-state index contributed by atoms with van der Waals surface area (Å²) in [6.07, 6.45) is 0.100. The number of benzene rings is 1. The fourth-order valence-electron chi connectivity index (χ4n) is 1.90. The Kier molecular flexibility index (Phi) is 5.35. The van der Waals surface area contributed by atoms with Crippen molar-refractivity contribution in [1.29, 1.82) is 0 Å². The molecule has 0 spiro atoms. The van der Waals surface area contributed by atoms with Crippen LogP contribution in [0.1, 0.15) is 6.42 Å². The van der Waals surface area contributed by atoms with Crippen LogP contribution in [0.3, 0.4) is 0 Å². The molecule has 0 fully saturated rings. The lowest BCUT2D eigenvalue weighted by Gasteiger charge is -2.12. The molecule has 1 N–H and O–H groups in total. The Hall–Kier alpha value is -1.86. The molecular formula is C14H16N2O4S. The number of hydrogen-bond acceptors (Lipinski definition) is 6. The van der Waals surface area contributed by atoms with Crippen LogP contribution in [-0.4, -0.2) is 40.1 Å². The van der Waals surface area contributed by atoms with Gasteiger partial charge in [0, 0.05) is 12.3 Å². The normalized spacial score (nSPS) is 10.8. The zero-order chi connectivity index (χ0) is 15.2. The number of carbonyl (C=O) groups excluding carboxylic acids is 1. The number of carbonyl (C=O) groups is 1. The van der Waals surface area contributed by atoms with Crippen molar-refractivity contribution < 1.29 is 14.6 Å². The molecule has 0 aliphatic heterocycles. The molecule has 0 radical (unpaired) electrons. The second kappa shape index (κ2) is 7.24. The van der Waals surface area contributed by atoms with Gasteiger partial charge in [0.15, 0.2) is 5.16 Å². The van der Waals surface area contributed by atoms with Crippen molar-refractivity contribution >= 4 is 28.6 Å². The van der Waals surface area contributed by atoms with Crippen molar-refractivity contribution in [2.24, 2.45) is 0 Å². The number of thioether (sulfide) groups is 1. The first kappa shape index (κ1) is 15.5. The number of hydrogen-bond donors (Lipinski definition) is 1. The number of methoxy groups -OCH3 is 1. The molecule has 1 aromatic carbocycles. The van der Waals surface area contributed by atoms with E-state index in [1.807, 2.05) is 6.07 Å². The van der Waals surface area contributed by atoms with Crippen LogP contribution in [0.2, 0.25) is 0 Å². The molecule has 0 bridgehead atoms. The summed E-state index contributed by atoms with van der Waals surface area (Å²) in [6.45, 7) is 0.196. The molecule has 1 aromatic heterocycles. The number of aromatic nitrogens is 2. The monoisotopic (exact) mass is 308 g/mol. The number of rotatable bonds is 6. The maximum Gasteiger partial charge on any atom is 0.307 e. The average molecular weight is 308 g/mol. The van der Waals surface area contributed by atoms with Gasteiger partial charge in [0.1, 0.15) is 0 Å². The van der Waals surface area contributed by atoms with E-state index < -0.39 is 0 Å². The SMILES string of the molecule is COC(=O)CCn1c(SCCO)nc2ccccc2c1=O. The van der Waals surface area contributed by atoms with Gasteiger partial charge in [0.25, 0.3) is 5.56 Å². The van der Waals surface area contributed by atoms with E-state index in [1.165, 1.54) is 23.4 Å². The number of esters is 1. The van der Waals surface area contributed by atoms with Crippen molar-refractivity contribution in [2.75, 3.05) is 19.5 Å². The molecule has 0 atom stereocenters. The molecule has 2 aromatic rings. The molecule has 0 amide bonds. The Labute approximate surface area is 125 Å². The highest BCUT2D eigenvalue weighted by Crippen LogP contribution is 2.17. The quantitative estimate of drug-likeness (QED) is 0.488. The highest BCUT2D eigenvalue weighted by Gasteiger charge is 2.12. The first-order chi connectivity index (χ1) is 10.2. The largest absolute Gasteiger partial charge is 0.469 e. The minimum atomic E-state index is -0.381. The van der Waals surface area contributed by atoms with Crippen LogP contribution in [0.4, 0.5) is 0 Å². The van der Waals surface area contributed by atoms with Crippen LogP contribution in [0.15, 0.2) is 34.2 Å². The van der Waals surface area contributed by atoms with Gasteiger partial charge in [-0.15, -0.1) is 0 Å². The van der Waals surface area contributed by atoms with E-state index >= 15 is 0 Å². The third kappa shape index (κ3) is 3.62. The van der Waals surface area contributed by atoms with E-state index in [4.69, 9.17) is 5.11 Å². The molecule has 0 aliphatic carbocycles. The molecule has 21 heavy (non-hydrogen) atoms. The summed E-state index contributed by atoms with van der Waals surface area (Å²) in [5, 5.41) is 9.95. The Morgan fingerprint density at radius 3 is 2.90 bits per heavy atom. The Morgan fingerprint density at radius 2 is 2.19 bits per heavy atom. The van der Waals surface area contributed by atoms with Gasteiger partial charge in [-0.1, -0.05) is 23.9 Å². The lowest BCUT2D eigenvalue weighted by molar-refractivity contribution is -0.140. The summed E-state index contributed by atoms with van der Waals surface area (Å²) >= 11 is 1.29. The van der Waals surface area contributed by atoms with Crippen molar-refractivity contribution in [3.05, 3.63) is 34.6 Å². The topological polar surface area (TPSA) is 81.4 Å². The van der Waals surface area contributed by atoms with Gasteiger partial charge < -0.3 is 9.84 Å². The van der Waals surface area contributed by atoms with Gasteiger partial charge in [0.2, 0.25) is 0 Å². The minimum Gasteiger partial charge on any atom is -0.469 e. The van der Waals surface area contributed by atoms with E-state index in [1.54, 1.807) is 18.2 Å². The molecular weight excluding hydrogens is 292 g/mol. The van der Waals surface area contributed by atoms with Gasteiger partial charge in [0.05, 0.1) is 31.0 Å². The number of nitrogens with zero attached hydrogens (tertiary/aromatic N) is 2. The minimum absolute atomic E-state index is 0.00956. The standard InChI is InChI=1S/C14H16N2O4S/c1-20-12(18)6-7-16-13(19)10-4-2-3-5-11(10)15-14(16)21-9-8-17/h2-5,17H,6-9H2,1H3. The molecule has 1 heterocycles. The number of para-hydroxylation sites is 1. The smallest absolute Gasteiger partial charge is 0.307 e. The summed E-state index contributed by atoms with van der Waals surface area (Å²) in [7, 11) is 1.31. The van der Waals surface area contributed by atoms with Crippen molar-refractivity contribution in [3.8, 4) is 0 Å². The maximum atomic E-state index is 12.5. The Balaban J connectivity index is 2.45. The van der Waals surface area contributed by atoms with Gasteiger partial charge in [-0.2, -0.15) is 0 Å². The predicted octanol–water partition coefficient (Wildman–Crippen LogP) is 1.04. The molecule has 2 rings (SSSR count). The predicted molar refractivity (Wildman–Crippen MR) is 80.4 cm³/mol. The van der Waals surface area contributed by atoms with Crippen molar-refractivity contribution in [3.63, 3.8) is 0 Å². The van der Waals surface area contributed by atoms with Crippen molar-refractivity contribution in [2.45, 2.75) is 18.1 Å². The fraction of sp³-hybridized carbons (Fsp3) is 0.357. The van der Waals surface area contributed by atoms with Gasteiger partial charge >= 0.3 is 5.97 Å². The van der Waals surface area contributed by atoms with E-state index in [2.05, 4.69) is 9.72 Å². The van der Waals surface area contributed by atoms with E-state index in [-0.39, 0.29) is 31.1 Å². The van der Waals surface area contributed by atoms with E-state index in [0.717, 1.165) is 0 Å². The van der Waals surface area contributed by atoms with Crippen LogP contribution < -0.4 is 5.56 Å².